The van der Waals surface area contributed by atoms with Gasteiger partial charge in [0.05, 0.1) is 5.92 Å². The van der Waals surface area contributed by atoms with E-state index in [4.69, 9.17) is 5.11 Å². The summed E-state index contributed by atoms with van der Waals surface area (Å²) < 4.78 is 36.0. The third-order valence-corrected chi connectivity index (χ3v) is 2.26. The highest BCUT2D eigenvalue weighted by Gasteiger charge is 2.43. The summed E-state index contributed by atoms with van der Waals surface area (Å²) in [5.41, 5.74) is 0. The van der Waals surface area contributed by atoms with Gasteiger partial charge in [0.15, 0.2) is 0 Å². The lowest BCUT2D eigenvalue weighted by molar-refractivity contribution is -0.173. The molecular formula is C7H11F3O. The number of alkyl halides is 3. The fourth-order valence-electron chi connectivity index (χ4n) is 1.54. The minimum atomic E-state index is -4.05. The van der Waals surface area contributed by atoms with Crippen LogP contribution in [0.2, 0.25) is 0 Å². The van der Waals surface area contributed by atoms with Crippen LogP contribution in [0.4, 0.5) is 13.2 Å². The van der Waals surface area contributed by atoms with Crippen LogP contribution in [0, 0.1) is 11.8 Å². The first kappa shape index (κ1) is 8.84. The van der Waals surface area contributed by atoms with Crippen LogP contribution in [-0.4, -0.2) is 17.9 Å². The van der Waals surface area contributed by atoms with E-state index >= 15 is 0 Å². The molecule has 2 unspecified atom stereocenters. The highest BCUT2D eigenvalue weighted by Crippen LogP contribution is 2.41. The van der Waals surface area contributed by atoms with Crippen molar-refractivity contribution in [3.8, 4) is 0 Å². The van der Waals surface area contributed by atoms with Crippen LogP contribution in [-0.2, 0) is 0 Å². The first-order valence-corrected chi connectivity index (χ1v) is 3.71. The first-order chi connectivity index (χ1) is 5.04. The molecule has 66 valence electrons. The smallest absolute Gasteiger partial charge is 0.391 e. The topological polar surface area (TPSA) is 20.2 Å². The molecule has 0 aromatic rings. The summed E-state index contributed by atoms with van der Waals surface area (Å²) in [5, 5.41) is 8.58. The SMILES string of the molecule is OCC1CCC(C(F)(F)F)C1. The molecule has 2 atom stereocenters. The van der Waals surface area contributed by atoms with Crippen LogP contribution in [0.1, 0.15) is 19.3 Å². The second-order valence-electron chi connectivity index (χ2n) is 3.10. The minimum Gasteiger partial charge on any atom is -0.396 e. The Hall–Kier alpha value is -0.250. The minimum absolute atomic E-state index is 0.105. The van der Waals surface area contributed by atoms with Crippen molar-refractivity contribution in [2.75, 3.05) is 6.61 Å². The maximum Gasteiger partial charge on any atom is 0.391 e. The highest BCUT2D eigenvalue weighted by molar-refractivity contribution is 4.79. The summed E-state index contributed by atoms with van der Waals surface area (Å²) >= 11 is 0. The number of hydrogen-bond acceptors (Lipinski definition) is 1. The third kappa shape index (κ3) is 2.09. The predicted molar refractivity (Wildman–Crippen MR) is 34.0 cm³/mol. The van der Waals surface area contributed by atoms with Gasteiger partial charge in [-0.2, -0.15) is 13.2 Å². The standard InChI is InChI=1S/C7H11F3O/c8-7(9,10)6-2-1-5(3-6)4-11/h5-6,11H,1-4H2. The van der Waals surface area contributed by atoms with Gasteiger partial charge in [0, 0.05) is 6.61 Å². The van der Waals surface area contributed by atoms with Gasteiger partial charge >= 0.3 is 6.18 Å². The van der Waals surface area contributed by atoms with E-state index in [-0.39, 0.29) is 25.4 Å². The Balaban J connectivity index is 2.42. The molecular weight excluding hydrogens is 157 g/mol. The van der Waals surface area contributed by atoms with E-state index in [0.29, 0.717) is 6.42 Å². The zero-order valence-corrected chi connectivity index (χ0v) is 6.06. The Bertz CT molecular complexity index is 132. The highest BCUT2D eigenvalue weighted by atomic mass is 19.4. The van der Waals surface area contributed by atoms with E-state index < -0.39 is 12.1 Å². The monoisotopic (exact) mass is 168 g/mol. The van der Waals surface area contributed by atoms with E-state index in [9.17, 15) is 13.2 Å². The number of halogens is 3. The Morgan fingerprint density at radius 3 is 2.18 bits per heavy atom. The predicted octanol–water partition coefficient (Wildman–Crippen LogP) is 1.96. The van der Waals surface area contributed by atoms with Gasteiger partial charge in [0.1, 0.15) is 0 Å². The number of aliphatic hydroxyl groups is 1. The van der Waals surface area contributed by atoms with Crippen LogP contribution in [0.15, 0.2) is 0 Å². The van der Waals surface area contributed by atoms with Crippen LogP contribution < -0.4 is 0 Å². The Kier molecular flexibility index (Phi) is 2.42. The summed E-state index contributed by atoms with van der Waals surface area (Å²) in [6.07, 6.45) is -3.24. The molecule has 0 saturated heterocycles. The van der Waals surface area contributed by atoms with Crippen LogP contribution in [0.3, 0.4) is 0 Å². The van der Waals surface area contributed by atoms with Crippen molar-refractivity contribution >= 4 is 0 Å². The van der Waals surface area contributed by atoms with Crippen molar-refractivity contribution in [1.29, 1.82) is 0 Å². The van der Waals surface area contributed by atoms with E-state index in [0.717, 1.165) is 0 Å². The van der Waals surface area contributed by atoms with Crippen molar-refractivity contribution in [2.24, 2.45) is 11.8 Å². The zero-order chi connectivity index (χ0) is 8.48. The van der Waals surface area contributed by atoms with Gasteiger partial charge in [-0.3, -0.25) is 0 Å². The maximum absolute atomic E-state index is 12.0. The van der Waals surface area contributed by atoms with Crippen LogP contribution in [0.5, 0.6) is 0 Å². The van der Waals surface area contributed by atoms with E-state index in [1.54, 1.807) is 0 Å². The Morgan fingerprint density at radius 2 is 1.91 bits per heavy atom. The molecule has 1 nitrogen and oxygen atoms in total. The zero-order valence-electron chi connectivity index (χ0n) is 6.06. The average molecular weight is 168 g/mol. The van der Waals surface area contributed by atoms with Gasteiger partial charge in [-0.25, -0.2) is 0 Å². The summed E-state index contributed by atoms with van der Waals surface area (Å²) in [5.74, 6) is -1.29. The largest absolute Gasteiger partial charge is 0.396 e. The molecule has 11 heavy (non-hydrogen) atoms. The van der Waals surface area contributed by atoms with Gasteiger partial charge in [-0.15, -0.1) is 0 Å². The maximum atomic E-state index is 12.0. The molecule has 0 spiro atoms. The number of rotatable bonds is 1. The molecule has 0 radical (unpaired) electrons. The third-order valence-electron chi connectivity index (χ3n) is 2.26. The Labute approximate surface area is 63.2 Å². The molecule has 1 aliphatic carbocycles. The molecule has 0 bridgehead atoms. The van der Waals surface area contributed by atoms with Crippen LogP contribution >= 0.6 is 0 Å². The van der Waals surface area contributed by atoms with Crippen molar-refractivity contribution < 1.29 is 18.3 Å². The molecule has 1 saturated carbocycles. The van der Waals surface area contributed by atoms with Crippen molar-refractivity contribution in [3.63, 3.8) is 0 Å². The normalized spacial score (nSPS) is 32.7. The summed E-state index contributed by atoms with van der Waals surface area (Å²) in [7, 11) is 0. The van der Waals surface area contributed by atoms with Crippen LogP contribution in [0.25, 0.3) is 0 Å². The lowest BCUT2D eigenvalue weighted by Gasteiger charge is -2.13. The quantitative estimate of drug-likeness (QED) is 0.634. The van der Waals surface area contributed by atoms with Gasteiger partial charge in [-0.1, -0.05) is 0 Å². The van der Waals surface area contributed by atoms with Crippen molar-refractivity contribution in [2.45, 2.75) is 25.4 Å². The molecule has 0 heterocycles. The van der Waals surface area contributed by atoms with Gasteiger partial charge in [0.2, 0.25) is 0 Å². The molecule has 0 aromatic carbocycles. The fourth-order valence-corrected chi connectivity index (χ4v) is 1.54. The number of hydrogen-bond donors (Lipinski definition) is 1. The van der Waals surface area contributed by atoms with Gasteiger partial charge in [0.25, 0.3) is 0 Å². The van der Waals surface area contributed by atoms with Gasteiger partial charge < -0.3 is 5.11 Å². The second-order valence-corrected chi connectivity index (χ2v) is 3.10. The molecule has 0 aliphatic heterocycles. The van der Waals surface area contributed by atoms with Gasteiger partial charge in [-0.05, 0) is 25.2 Å². The molecule has 0 aromatic heterocycles. The molecule has 0 amide bonds. The molecule has 4 heteroatoms. The van der Waals surface area contributed by atoms with E-state index in [2.05, 4.69) is 0 Å². The lowest BCUT2D eigenvalue weighted by Crippen LogP contribution is -2.20. The Morgan fingerprint density at radius 1 is 1.27 bits per heavy atom. The molecule has 1 fully saturated rings. The fraction of sp³-hybridized carbons (Fsp3) is 1.00. The van der Waals surface area contributed by atoms with Crippen molar-refractivity contribution in [1.82, 2.24) is 0 Å². The lowest BCUT2D eigenvalue weighted by atomic mass is 10.1. The average Bonchev–Trinajstić information content (AvgIpc) is 2.32. The van der Waals surface area contributed by atoms with Crippen molar-refractivity contribution in [3.05, 3.63) is 0 Å². The summed E-state index contributed by atoms with van der Waals surface area (Å²) in [6.45, 7) is -0.105. The number of aliphatic hydroxyl groups excluding tert-OH is 1. The molecule has 1 aliphatic rings. The van der Waals surface area contributed by atoms with E-state index in [1.807, 2.05) is 0 Å². The molecule has 1 rings (SSSR count). The summed E-state index contributed by atoms with van der Waals surface area (Å²) in [4.78, 5) is 0. The second kappa shape index (κ2) is 3.01. The first-order valence-electron chi connectivity index (χ1n) is 3.71. The summed E-state index contributed by atoms with van der Waals surface area (Å²) in [6, 6.07) is 0. The van der Waals surface area contributed by atoms with E-state index in [1.165, 1.54) is 0 Å². The molecule has 1 N–H and O–H groups in total.